The monoisotopic (exact) mass is 364 g/mol. The molecular formula is C14H40N2O6S. The van der Waals surface area contributed by atoms with Gasteiger partial charge in [-0.2, -0.15) is 0 Å². The van der Waals surface area contributed by atoms with Crippen LogP contribution in [-0.4, -0.2) is 81.4 Å². The van der Waals surface area contributed by atoms with E-state index in [1.54, 1.807) is 0 Å². The standard InChI is InChI=1S/C12H28N2O5S.C2H6.H2O.2H2/c1-2-20(15)14-4-6-17-8-10-19-12-11-18-9-7-16-5-3-13;1-2;;;/h14H,2-13H2,1H3;1-2H3;1H2;2*1H. The first-order valence-corrected chi connectivity index (χ1v) is 9.26. The molecule has 8 nitrogen and oxygen atoms in total. The van der Waals surface area contributed by atoms with Gasteiger partial charge in [0, 0.05) is 21.7 Å². The van der Waals surface area contributed by atoms with Gasteiger partial charge in [-0.3, -0.25) is 0 Å². The van der Waals surface area contributed by atoms with Crippen LogP contribution in [0, 0.1) is 0 Å². The zero-order valence-electron chi connectivity index (χ0n) is 14.8. The van der Waals surface area contributed by atoms with Crippen LogP contribution in [0.15, 0.2) is 0 Å². The molecule has 0 aromatic carbocycles. The lowest BCUT2D eigenvalue weighted by Crippen LogP contribution is -2.24. The Kier molecular flexibility index (Phi) is 32.2. The van der Waals surface area contributed by atoms with Crippen LogP contribution in [0.3, 0.4) is 0 Å². The van der Waals surface area contributed by atoms with Gasteiger partial charge in [0.2, 0.25) is 0 Å². The molecule has 0 aliphatic rings. The van der Waals surface area contributed by atoms with Gasteiger partial charge in [-0.05, 0) is 0 Å². The Morgan fingerprint density at radius 2 is 1.26 bits per heavy atom. The van der Waals surface area contributed by atoms with Gasteiger partial charge in [0.05, 0.1) is 63.8 Å². The summed E-state index contributed by atoms with van der Waals surface area (Å²) in [6.45, 7) is 11.4. The van der Waals surface area contributed by atoms with Crippen molar-refractivity contribution in [1.29, 1.82) is 0 Å². The predicted octanol–water partition coefficient (Wildman–Crippen LogP) is -0.0218. The summed E-state index contributed by atoms with van der Waals surface area (Å²) >= 11 is 0. The summed E-state index contributed by atoms with van der Waals surface area (Å²) in [6, 6.07) is 0. The van der Waals surface area contributed by atoms with Gasteiger partial charge in [0.25, 0.3) is 0 Å². The van der Waals surface area contributed by atoms with E-state index in [4.69, 9.17) is 24.7 Å². The molecular weight excluding hydrogens is 324 g/mol. The first-order valence-electron chi connectivity index (χ1n) is 7.94. The number of hydrogen-bond donors (Lipinski definition) is 2. The van der Waals surface area contributed by atoms with Crippen LogP contribution in [0.5, 0.6) is 0 Å². The maximum Gasteiger partial charge on any atom is 0.0913 e. The highest BCUT2D eigenvalue weighted by atomic mass is 32.2. The highest BCUT2D eigenvalue weighted by Gasteiger charge is 1.94. The van der Waals surface area contributed by atoms with Gasteiger partial charge < -0.3 is 30.2 Å². The van der Waals surface area contributed by atoms with E-state index < -0.39 is 11.0 Å². The topological polar surface area (TPSA) is 124 Å². The summed E-state index contributed by atoms with van der Waals surface area (Å²) < 4.78 is 34.9. The van der Waals surface area contributed by atoms with Crippen LogP contribution in [0.25, 0.3) is 0 Å². The molecule has 5 N–H and O–H groups in total. The Balaban J connectivity index is -0.000000256. The largest absolute Gasteiger partial charge is 0.412 e. The van der Waals surface area contributed by atoms with E-state index in [0.29, 0.717) is 71.7 Å². The Morgan fingerprint density at radius 3 is 1.65 bits per heavy atom. The van der Waals surface area contributed by atoms with E-state index in [1.807, 2.05) is 20.8 Å². The molecule has 148 valence electrons. The molecule has 0 aromatic heterocycles. The van der Waals surface area contributed by atoms with Crippen LogP contribution in [0.2, 0.25) is 0 Å². The van der Waals surface area contributed by atoms with Gasteiger partial charge in [-0.15, -0.1) is 0 Å². The number of rotatable bonds is 16. The van der Waals surface area contributed by atoms with E-state index in [1.165, 1.54) is 0 Å². The van der Waals surface area contributed by atoms with Crippen molar-refractivity contribution in [3.05, 3.63) is 0 Å². The summed E-state index contributed by atoms with van der Waals surface area (Å²) in [5.74, 6) is 0.611. The molecule has 0 spiro atoms. The molecule has 1 atom stereocenters. The normalized spacial score (nSPS) is 11.3. The van der Waals surface area contributed by atoms with Crippen LogP contribution in [0.1, 0.15) is 23.6 Å². The number of hydrogen-bond acceptors (Lipinski definition) is 6. The highest BCUT2D eigenvalue weighted by molar-refractivity contribution is 7.82. The second-order valence-corrected chi connectivity index (χ2v) is 5.32. The van der Waals surface area contributed by atoms with Gasteiger partial charge in [-0.25, -0.2) is 8.93 Å². The quantitative estimate of drug-likeness (QED) is 0.371. The van der Waals surface area contributed by atoms with Crippen molar-refractivity contribution in [2.75, 3.05) is 71.7 Å². The molecule has 0 saturated heterocycles. The van der Waals surface area contributed by atoms with Crippen LogP contribution >= 0.6 is 0 Å². The van der Waals surface area contributed by atoms with Gasteiger partial charge in [0.1, 0.15) is 0 Å². The van der Waals surface area contributed by atoms with Crippen molar-refractivity contribution in [3.63, 3.8) is 0 Å². The molecule has 1 unspecified atom stereocenters. The SMILES string of the molecule is CC.CCS(=O)NCCOCCOCCOCCOCCN.O.[HH].[HH]. The molecule has 0 aromatic rings. The molecule has 9 heteroatoms. The van der Waals surface area contributed by atoms with Crippen LogP contribution in [0.4, 0.5) is 0 Å². The summed E-state index contributed by atoms with van der Waals surface area (Å²) in [4.78, 5) is 0. The summed E-state index contributed by atoms with van der Waals surface area (Å²) in [7, 11) is -0.938. The van der Waals surface area contributed by atoms with Gasteiger partial charge in [0.15, 0.2) is 0 Å². The fourth-order valence-corrected chi connectivity index (χ4v) is 1.69. The van der Waals surface area contributed by atoms with Gasteiger partial charge >= 0.3 is 0 Å². The average Bonchev–Trinajstić information content (AvgIpc) is 2.56. The molecule has 0 amide bonds. The first-order chi connectivity index (χ1) is 10.8. The van der Waals surface area contributed by atoms with Crippen molar-refractivity contribution in [1.82, 2.24) is 4.72 Å². The van der Waals surface area contributed by atoms with E-state index in [-0.39, 0.29) is 8.33 Å². The molecule has 0 bridgehead atoms. The molecule has 0 radical (unpaired) electrons. The van der Waals surface area contributed by atoms with Crippen LogP contribution < -0.4 is 10.5 Å². The van der Waals surface area contributed by atoms with Crippen molar-refractivity contribution >= 4 is 11.0 Å². The molecule has 0 heterocycles. The van der Waals surface area contributed by atoms with Crippen molar-refractivity contribution in [3.8, 4) is 0 Å². The van der Waals surface area contributed by atoms with Crippen molar-refractivity contribution in [2.45, 2.75) is 20.8 Å². The Bertz CT molecular complexity index is 235. The third kappa shape index (κ3) is 27.0. The lowest BCUT2D eigenvalue weighted by Gasteiger charge is -2.07. The summed E-state index contributed by atoms with van der Waals surface area (Å²) in [5.41, 5.74) is 5.27. The molecule has 0 fully saturated rings. The number of ether oxygens (including phenoxy) is 4. The smallest absolute Gasteiger partial charge is 0.0913 e. The molecule has 0 rings (SSSR count). The minimum absolute atomic E-state index is 0. The minimum Gasteiger partial charge on any atom is -0.412 e. The highest BCUT2D eigenvalue weighted by Crippen LogP contribution is 1.82. The molecule has 0 aliphatic heterocycles. The Hall–Kier alpha value is -0.130. The zero-order valence-corrected chi connectivity index (χ0v) is 15.6. The zero-order chi connectivity index (χ0) is 16.9. The van der Waals surface area contributed by atoms with E-state index in [9.17, 15) is 4.21 Å². The number of nitrogens with one attached hydrogen (secondary N) is 1. The maximum absolute atomic E-state index is 11.0. The fourth-order valence-electron chi connectivity index (χ4n) is 1.17. The first kappa shape index (κ1) is 27.7. The number of nitrogens with two attached hydrogens (primary N) is 1. The minimum atomic E-state index is -0.938. The Labute approximate surface area is 146 Å². The molecule has 0 saturated carbocycles. The van der Waals surface area contributed by atoms with E-state index in [2.05, 4.69) is 4.72 Å². The van der Waals surface area contributed by atoms with E-state index in [0.717, 1.165) is 0 Å². The Morgan fingerprint density at radius 1 is 0.870 bits per heavy atom. The second kappa shape index (κ2) is 26.8. The lowest BCUT2D eigenvalue weighted by molar-refractivity contribution is -0.000329. The van der Waals surface area contributed by atoms with Gasteiger partial charge in [-0.1, -0.05) is 20.8 Å². The van der Waals surface area contributed by atoms with Crippen LogP contribution in [-0.2, 0) is 29.9 Å². The average molecular weight is 365 g/mol. The van der Waals surface area contributed by atoms with E-state index >= 15 is 0 Å². The third-order valence-electron chi connectivity index (χ3n) is 2.15. The predicted molar refractivity (Wildman–Crippen MR) is 98.2 cm³/mol. The lowest BCUT2D eigenvalue weighted by atomic mass is 10.6. The van der Waals surface area contributed by atoms with Crippen molar-refractivity contribution < 1.29 is 31.5 Å². The fraction of sp³-hybridized carbons (Fsp3) is 1.00. The second-order valence-electron chi connectivity index (χ2n) is 3.77. The maximum atomic E-state index is 11.0. The molecule has 23 heavy (non-hydrogen) atoms. The summed E-state index contributed by atoms with van der Waals surface area (Å²) in [5, 5.41) is 0. The summed E-state index contributed by atoms with van der Waals surface area (Å²) in [6.07, 6.45) is 0. The molecule has 0 aliphatic carbocycles. The van der Waals surface area contributed by atoms with Crippen molar-refractivity contribution in [2.24, 2.45) is 5.73 Å². The third-order valence-corrected chi connectivity index (χ3v) is 3.20.